The third-order valence-corrected chi connectivity index (χ3v) is 4.82. The molecule has 1 aliphatic rings. The Bertz CT molecular complexity index is 586. The topological polar surface area (TPSA) is 64.7 Å². The summed E-state index contributed by atoms with van der Waals surface area (Å²) in [5.74, 6) is -0.414. The molecule has 6 nitrogen and oxygen atoms in total. The third-order valence-electron chi connectivity index (χ3n) is 3.45. The van der Waals surface area contributed by atoms with Crippen molar-refractivity contribution in [2.45, 2.75) is 11.4 Å². The SMILES string of the molecule is CNCc1cc(S(=O)(=O)NN2CCN(C)CC2)ccc1F. The fourth-order valence-electron chi connectivity index (χ4n) is 2.16. The highest BCUT2D eigenvalue weighted by atomic mass is 32.2. The minimum atomic E-state index is -3.67. The molecule has 0 spiro atoms. The lowest BCUT2D eigenvalue weighted by atomic mass is 10.2. The van der Waals surface area contributed by atoms with Crippen LogP contribution < -0.4 is 10.1 Å². The first-order valence-electron chi connectivity index (χ1n) is 6.81. The van der Waals surface area contributed by atoms with Gasteiger partial charge in [0.1, 0.15) is 5.82 Å². The summed E-state index contributed by atoms with van der Waals surface area (Å²) in [7, 11) is 0.00750. The van der Waals surface area contributed by atoms with Gasteiger partial charge in [0.05, 0.1) is 4.90 Å². The van der Waals surface area contributed by atoms with E-state index in [1.165, 1.54) is 18.2 Å². The monoisotopic (exact) mass is 316 g/mol. The van der Waals surface area contributed by atoms with Crippen LogP contribution in [0.4, 0.5) is 4.39 Å². The minimum Gasteiger partial charge on any atom is -0.316 e. The van der Waals surface area contributed by atoms with Gasteiger partial charge in [-0.2, -0.15) is 0 Å². The quantitative estimate of drug-likeness (QED) is 0.800. The number of nitrogens with one attached hydrogen (secondary N) is 2. The molecule has 0 unspecified atom stereocenters. The van der Waals surface area contributed by atoms with Crippen LogP contribution in [-0.4, -0.2) is 58.6 Å². The van der Waals surface area contributed by atoms with Crippen LogP contribution in [0.15, 0.2) is 23.1 Å². The standard InChI is InChI=1S/C13H21FN4O2S/c1-15-10-11-9-12(3-4-13(11)14)21(19,20)16-18-7-5-17(2)6-8-18/h3-4,9,15-16H,5-8,10H2,1-2H3. The zero-order chi connectivity index (χ0) is 15.5. The highest BCUT2D eigenvalue weighted by Crippen LogP contribution is 2.15. The van der Waals surface area contributed by atoms with E-state index in [0.29, 0.717) is 18.7 Å². The second-order valence-electron chi connectivity index (χ2n) is 5.17. The van der Waals surface area contributed by atoms with Gasteiger partial charge in [-0.05, 0) is 32.3 Å². The largest absolute Gasteiger partial charge is 0.316 e. The maximum atomic E-state index is 13.6. The summed E-state index contributed by atoms with van der Waals surface area (Å²) in [6.07, 6.45) is 0. The average molecular weight is 316 g/mol. The molecule has 0 atom stereocenters. The Morgan fingerprint density at radius 1 is 1.24 bits per heavy atom. The number of hydrazine groups is 1. The fraction of sp³-hybridized carbons (Fsp3) is 0.538. The highest BCUT2D eigenvalue weighted by Gasteiger charge is 2.22. The van der Waals surface area contributed by atoms with Crippen molar-refractivity contribution >= 4 is 10.0 Å². The van der Waals surface area contributed by atoms with Gasteiger partial charge in [-0.1, -0.05) is 0 Å². The summed E-state index contributed by atoms with van der Waals surface area (Å²) in [5, 5.41) is 4.50. The summed E-state index contributed by atoms with van der Waals surface area (Å²) in [6, 6.07) is 3.84. The number of hydrogen-bond acceptors (Lipinski definition) is 5. The van der Waals surface area contributed by atoms with Crippen LogP contribution in [0.2, 0.25) is 0 Å². The molecule has 0 radical (unpaired) electrons. The first-order valence-corrected chi connectivity index (χ1v) is 8.29. The van der Waals surface area contributed by atoms with Crippen LogP contribution in [0.3, 0.4) is 0 Å². The molecule has 0 aliphatic carbocycles. The molecule has 118 valence electrons. The van der Waals surface area contributed by atoms with Gasteiger partial charge < -0.3 is 10.2 Å². The molecule has 1 fully saturated rings. The lowest BCUT2D eigenvalue weighted by Crippen LogP contribution is -2.52. The number of nitrogens with zero attached hydrogens (tertiary/aromatic N) is 2. The molecule has 1 heterocycles. The molecule has 0 bridgehead atoms. The number of halogens is 1. The Labute approximate surface area is 124 Å². The number of benzene rings is 1. The van der Waals surface area contributed by atoms with E-state index < -0.39 is 15.8 Å². The predicted octanol–water partition coefficient (Wildman–Crippen LogP) is -0.0142. The van der Waals surface area contributed by atoms with Crippen LogP contribution in [0, 0.1) is 5.82 Å². The van der Waals surface area contributed by atoms with Crippen molar-refractivity contribution in [1.29, 1.82) is 0 Å². The van der Waals surface area contributed by atoms with Crippen LogP contribution in [0.5, 0.6) is 0 Å². The Morgan fingerprint density at radius 3 is 2.52 bits per heavy atom. The van der Waals surface area contributed by atoms with Crippen molar-refractivity contribution in [1.82, 2.24) is 20.1 Å². The van der Waals surface area contributed by atoms with E-state index in [2.05, 4.69) is 15.0 Å². The number of rotatable bonds is 5. The van der Waals surface area contributed by atoms with E-state index in [9.17, 15) is 12.8 Å². The fourth-order valence-corrected chi connectivity index (χ4v) is 3.34. The first kappa shape index (κ1) is 16.3. The Kier molecular flexibility index (Phi) is 5.28. The zero-order valence-electron chi connectivity index (χ0n) is 12.3. The molecule has 1 aliphatic heterocycles. The summed E-state index contributed by atoms with van der Waals surface area (Å²) in [6.45, 7) is 3.14. The molecule has 1 saturated heterocycles. The molecule has 21 heavy (non-hydrogen) atoms. The summed E-state index contributed by atoms with van der Waals surface area (Å²) in [4.78, 5) is 4.77. The summed E-state index contributed by atoms with van der Waals surface area (Å²) >= 11 is 0. The minimum absolute atomic E-state index is 0.0769. The van der Waals surface area contributed by atoms with Crippen LogP contribution in [0.1, 0.15) is 5.56 Å². The second kappa shape index (κ2) is 6.80. The highest BCUT2D eigenvalue weighted by molar-refractivity contribution is 7.89. The summed E-state index contributed by atoms with van der Waals surface area (Å²) < 4.78 is 38.3. The van der Waals surface area contributed by atoms with Crippen molar-refractivity contribution in [3.8, 4) is 0 Å². The predicted molar refractivity (Wildman–Crippen MR) is 78.6 cm³/mol. The van der Waals surface area contributed by atoms with Gasteiger partial charge in [-0.25, -0.2) is 17.8 Å². The zero-order valence-corrected chi connectivity index (χ0v) is 13.1. The maximum absolute atomic E-state index is 13.6. The van der Waals surface area contributed by atoms with E-state index in [-0.39, 0.29) is 11.4 Å². The van der Waals surface area contributed by atoms with E-state index in [1.807, 2.05) is 7.05 Å². The van der Waals surface area contributed by atoms with Gasteiger partial charge in [0.2, 0.25) is 0 Å². The molecule has 1 aromatic carbocycles. The van der Waals surface area contributed by atoms with Crippen molar-refractivity contribution in [2.24, 2.45) is 0 Å². The molecule has 2 rings (SSSR count). The van der Waals surface area contributed by atoms with E-state index >= 15 is 0 Å². The number of likely N-dealkylation sites (N-methyl/N-ethyl adjacent to an activating group) is 1. The molecule has 8 heteroatoms. The Hall–Kier alpha value is -1.06. The number of piperazine rings is 1. The van der Waals surface area contributed by atoms with Gasteiger partial charge in [-0.3, -0.25) is 0 Å². The molecule has 0 saturated carbocycles. The normalized spacial score (nSPS) is 18.0. The van der Waals surface area contributed by atoms with Crippen LogP contribution >= 0.6 is 0 Å². The second-order valence-corrected chi connectivity index (χ2v) is 6.83. The average Bonchev–Trinajstić information content (AvgIpc) is 2.43. The van der Waals surface area contributed by atoms with E-state index in [4.69, 9.17) is 0 Å². The van der Waals surface area contributed by atoms with Gasteiger partial charge in [0.15, 0.2) is 0 Å². The van der Waals surface area contributed by atoms with Crippen molar-refractivity contribution < 1.29 is 12.8 Å². The van der Waals surface area contributed by atoms with Gasteiger partial charge in [0, 0.05) is 38.3 Å². The molecular weight excluding hydrogens is 295 g/mol. The summed E-state index contributed by atoms with van der Waals surface area (Å²) in [5.41, 5.74) is 0.332. The van der Waals surface area contributed by atoms with E-state index in [0.717, 1.165) is 13.1 Å². The smallest absolute Gasteiger partial charge is 0.253 e. The van der Waals surface area contributed by atoms with Gasteiger partial charge in [-0.15, -0.1) is 4.83 Å². The Morgan fingerprint density at radius 2 is 1.90 bits per heavy atom. The maximum Gasteiger partial charge on any atom is 0.253 e. The number of hydrogen-bond donors (Lipinski definition) is 2. The van der Waals surface area contributed by atoms with Crippen molar-refractivity contribution in [3.63, 3.8) is 0 Å². The molecular formula is C13H21FN4O2S. The number of sulfonamides is 1. The van der Waals surface area contributed by atoms with Crippen molar-refractivity contribution in [2.75, 3.05) is 40.3 Å². The van der Waals surface area contributed by atoms with E-state index in [1.54, 1.807) is 12.1 Å². The molecule has 0 aromatic heterocycles. The van der Waals surface area contributed by atoms with Gasteiger partial charge >= 0.3 is 0 Å². The van der Waals surface area contributed by atoms with Crippen LogP contribution in [0.25, 0.3) is 0 Å². The third kappa shape index (κ3) is 4.21. The van der Waals surface area contributed by atoms with Gasteiger partial charge in [0.25, 0.3) is 10.0 Å². The first-order chi connectivity index (χ1) is 9.92. The lowest BCUT2D eigenvalue weighted by molar-refractivity contribution is 0.135. The molecule has 1 aromatic rings. The lowest BCUT2D eigenvalue weighted by Gasteiger charge is -2.32. The molecule has 2 N–H and O–H groups in total. The molecule has 0 amide bonds. The Balaban J connectivity index is 2.13. The van der Waals surface area contributed by atoms with Crippen molar-refractivity contribution in [3.05, 3.63) is 29.6 Å². The van der Waals surface area contributed by atoms with Crippen LogP contribution in [-0.2, 0) is 16.6 Å².